The number of hydrogen-bond acceptors (Lipinski definition) is 3. The van der Waals surface area contributed by atoms with E-state index in [9.17, 15) is 9.90 Å². The molecule has 4 fully saturated rings. The first-order valence-corrected chi connectivity index (χ1v) is 12.1. The lowest BCUT2D eigenvalue weighted by Crippen LogP contribution is -2.60. The molecule has 1 N–H and O–H groups in total. The normalized spacial score (nSPS) is 54.7. The van der Waals surface area contributed by atoms with Crippen LogP contribution in [0.5, 0.6) is 0 Å². The maximum atomic E-state index is 12.7. The van der Waals surface area contributed by atoms with Gasteiger partial charge >= 0.3 is 0 Å². The molecule has 0 unspecified atom stereocenters. The molecule has 3 nitrogen and oxygen atoms in total. The van der Waals surface area contributed by atoms with E-state index in [-0.39, 0.29) is 22.9 Å². The molecular formula is C23H37BrO3. The first-order chi connectivity index (χ1) is 12.7. The van der Waals surface area contributed by atoms with Crippen molar-refractivity contribution in [1.29, 1.82) is 0 Å². The Kier molecular flexibility index (Phi) is 5.13. The Morgan fingerprint density at radius 2 is 1.78 bits per heavy atom. The van der Waals surface area contributed by atoms with Crippen molar-refractivity contribution in [3.05, 3.63) is 0 Å². The van der Waals surface area contributed by atoms with Crippen LogP contribution in [-0.4, -0.2) is 35.0 Å². The fourth-order valence-electron chi connectivity index (χ4n) is 8.54. The quantitative estimate of drug-likeness (QED) is 0.628. The van der Waals surface area contributed by atoms with Crippen LogP contribution in [0.1, 0.15) is 72.1 Å². The zero-order valence-electron chi connectivity index (χ0n) is 17.5. The summed E-state index contributed by atoms with van der Waals surface area (Å²) in [7, 11) is 1.86. The highest BCUT2D eigenvalue weighted by molar-refractivity contribution is 9.09. The second kappa shape index (κ2) is 6.80. The standard InChI is InChI=1S/C23H37BrO3/c1-21(26)9-7-14-15(11-21)19(27-4)12-23(3)16(14)8-10-22(2)17(18(25)13-24)5-6-20(22)23/h14-17,19-20,26H,5-13H2,1-4H3/t14-,15+,16+,17+,19+,20+,21+,22+,23+/m0/s1. The molecule has 0 aromatic rings. The van der Waals surface area contributed by atoms with Crippen molar-refractivity contribution in [3.8, 4) is 0 Å². The first-order valence-electron chi connectivity index (χ1n) is 11.0. The van der Waals surface area contributed by atoms with E-state index in [2.05, 4.69) is 29.8 Å². The van der Waals surface area contributed by atoms with Gasteiger partial charge in [-0.2, -0.15) is 0 Å². The molecule has 0 spiro atoms. The molecule has 4 aliphatic carbocycles. The average molecular weight is 441 g/mol. The van der Waals surface area contributed by atoms with Gasteiger partial charge in [0.1, 0.15) is 5.78 Å². The van der Waals surface area contributed by atoms with Crippen LogP contribution in [0, 0.1) is 40.4 Å². The van der Waals surface area contributed by atoms with Gasteiger partial charge in [-0.25, -0.2) is 0 Å². The molecule has 154 valence electrons. The van der Waals surface area contributed by atoms with Crippen molar-refractivity contribution < 1.29 is 14.6 Å². The number of aliphatic hydroxyl groups is 1. The van der Waals surface area contributed by atoms with Crippen LogP contribution >= 0.6 is 15.9 Å². The zero-order valence-corrected chi connectivity index (χ0v) is 19.1. The molecule has 0 heterocycles. The number of halogens is 1. The topological polar surface area (TPSA) is 46.5 Å². The van der Waals surface area contributed by atoms with Crippen molar-refractivity contribution >= 4 is 21.7 Å². The highest BCUT2D eigenvalue weighted by Crippen LogP contribution is 2.70. The highest BCUT2D eigenvalue weighted by atomic mass is 79.9. The number of fused-ring (bicyclic) bond motifs is 5. The summed E-state index contributed by atoms with van der Waals surface area (Å²) < 4.78 is 6.06. The molecule has 4 aliphatic rings. The number of carbonyl (C=O) groups excluding carboxylic acids is 1. The van der Waals surface area contributed by atoms with Gasteiger partial charge in [0.15, 0.2) is 0 Å². The summed E-state index contributed by atoms with van der Waals surface area (Å²) in [6, 6.07) is 0. The van der Waals surface area contributed by atoms with E-state index in [1.807, 2.05) is 14.0 Å². The monoisotopic (exact) mass is 440 g/mol. The molecule has 0 aromatic carbocycles. The van der Waals surface area contributed by atoms with E-state index in [0.717, 1.165) is 38.0 Å². The number of methoxy groups -OCH3 is 1. The van der Waals surface area contributed by atoms with Crippen LogP contribution in [0.4, 0.5) is 0 Å². The first kappa shape index (κ1) is 20.3. The van der Waals surface area contributed by atoms with Crippen LogP contribution in [-0.2, 0) is 9.53 Å². The molecule has 4 heteroatoms. The summed E-state index contributed by atoms with van der Waals surface area (Å²) in [5, 5.41) is 11.2. The van der Waals surface area contributed by atoms with Gasteiger partial charge in [0.05, 0.1) is 17.0 Å². The number of Topliss-reactive ketones (excluding diaryl/α,β-unsaturated/α-hetero) is 1. The van der Waals surface area contributed by atoms with Crippen LogP contribution < -0.4 is 0 Å². The van der Waals surface area contributed by atoms with E-state index in [0.29, 0.717) is 28.9 Å². The predicted molar refractivity (Wildman–Crippen MR) is 111 cm³/mol. The molecule has 0 aliphatic heterocycles. The van der Waals surface area contributed by atoms with Crippen molar-refractivity contribution in [2.75, 3.05) is 12.4 Å². The number of ether oxygens (including phenoxy) is 1. The third-order valence-corrected chi connectivity index (χ3v) is 10.2. The predicted octanol–water partition coefficient (Wildman–Crippen LogP) is 4.99. The number of ketones is 1. The smallest absolute Gasteiger partial charge is 0.147 e. The Balaban J connectivity index is 1.67. The molecule has 4 saturated carbocycles. The third kappa shape index (κ3) is 2.99. The van der Waals surface area contributed by atoms with Crippen LogP contribution in [0.25, 0.3) is 0 Å². The summed E-state index contributed by atoms with van der Waals surface area (Å²) in [6.07, 6.45) is 8.97. The van der Waals surface area contributed by atoms with Crippen molar-refractivity contribution in [2.24, 2.45) is 40.4 Å². The summed E-state index contributed by atoms with van der Waals surface area (Å²) in [5.41, 5.74) is -0.115. The average Bonchev–Trinajstić information content (AvgIpc) is 2.98. The van der Waals surface area contributed by atoms with Gasteiger partial charge < -0.3 is 9.84 Å². The van der Waals surface area contributed by atoms with E-state index in [4.69, 9.17) is 4.74 Å². The van der Waals surface area contributed by atoms with Crippen molar-refractivity contribution in [2.45, 2.75) is 83.8 Å². The molecule has 0 amide bonds. The fraction of sp³-hybridized carbons (Fsp3) is 0.957. The molecule has 9 atom stereocenters. The summed E-state index contributed by atoms with van der Waals surface area (Å²) in [5.74, 6) is 3.14. The largest absolute Gasteiger partial charge is 0.390 e. The molecule has 0 aromatic heterocycles. The Labute approximate surface area is 173 Å². The maximum Gasteiger partial charge on any atom is 0.147 e. The maximum absolute atomic E-state index is 12.7. The molecule has 0 radical (unpaired) electrons. The Hall–Kier alpha value is 0.0700. The lowest BCUT2D eigenvalue weighted by atomic mass is 9.42. The van der Waals surface area contributed by atoms with E-state index >= 15 is 0 Å². The van der Waals surface area contributed by atoms with Crippen LogP contribution in [0.2, 0.25) is 0 Å². The Morgan fingerprint density at radius 1 is 1.04 bits per heavy atom. The molecular weight excluding hydrogens is 404 g/mol. The SMILES string of the molecule is CO[C@@H]1C[C@@]2(C)[C@@H]3CC[C@H](C(=O)CBr)[C@@]3(C)CC[C@@H]2[C@H]2CC[C@@](C)(O)C[C@H]21. The minimum atomic E-state index is -0.532. The van der Waals surface area contributed by atoms with E-state index in [1.54, 1.807) is 0 Å². The van der Waals surface area contributed by atoms with Crippen LogP contribution in [0.15, 0.2) is 0 Å². The summed E-state index contributed by atoms with van der Waals surface area (Å²) in [4.78, 5) is 12.7. The highest BCUT2D eigenvalue weighted by Gasteiger charge is 2.65. The second-order valence-electron chi connectivity index (χ2n) is 11.0. The lowest BCUT2D eigenvalue weighted by molar-refractivity contribution is -0.190. The van der Waals surface area contributed by atoms with Gasteiger partial charge in [-0.15, -0.1) is 0 Å². The summed E-state index contributed by atoms with van der Waals surface area (Å²) >= 11 is 3.43. The Morgan fingerprint density at radius 3 is 2.44 bits per heavy atom. The fourth-order valence-corrected chi connectivity index (χ4v) is 8.93. The minimum absolute atomic E-state index is 0.154. The van der Waals surface area contributed by atoms with Crippen molar-refractivity contribution in [1.82, 2.24) is 0 Å². The van der Waals surface area contributed by atoms with Gasteiger partial charge in [-0.1, -0.05) is 29.8 Å². The van der Waals surface area contributed by atoms with Gasteiger partial charge in [0, 0.05) is 13.0 Å². The Bertz CT molecular complexity index is 604. The van der Waals surface area contributed by atoms with E-state index < -0.39 is 5.60 Å². The molecule has 0 bridgehead atoms. The van der Waals surface area contributed by atoms with E-state index in [1.165, 1.54) is 19.3 Å². The number of alkyl halides is 1. The molecule has 0 saturated heterocycles. The van der Waals surface area contributed by atoms with Gasteiger partial charge in [0.25, 0.3) is 0 Å². The lowest BCUT2D eigenvalue weighted by Gasteiger charge is -2.63. The third-order valence-electron chi connectivity index (χ3n) is 9.67. The molecule has 4 rings (SSSR count). The second-order valence-corrected chi connectivity index (χ2v) is 11.5. The zero-order chi connectivity index (χ0) is 19.6. The summed E-state index contributed by atoms with van der Waals surface area (Å²) in [6.45, 7) is 6.95. The number of carbonyl (C=O) groups is 1. The van der Waals surface area contributed by atoms with Crippen molar-refractivity contribution in [3.63, 3.8) is 0 Å². The number of rotatable bonds is 3. The van der Waals surface area contributed by atoms with Gasteiger partial charge in [-0.3, -0.25) is 4.79 Å². The molecule has 27 heavy (non-hydrogen) atoms. The minimum Gasteiger partial charge on any atom is -0.390 e. The number of hydrogen-bond donors (Lipinski definition) is 1. The van der Waals surface area contributed by atoms with Crippen LogP contribution in [0.3, 0.4) is 0 Å². The van der Waals surface area contributed by atoms with Gasteiger partial charge in [0.2, 0.25) is 0 Å². The van der Waals surface area contributed by atoms with Gasteiger partial charge in [-0.05, 0) is 92.8 Å².